The van der Waals surface area contributed by atoms with E-state index in [2.05, 4.69) is 21.7 Å². The average molecular weight is 251 g/mol. The molecule has 2 heterocycles. The van der Waals surface area contributed by atoms with Gasteiger partial charge in [-0.2, -0.15) is 5.26 Å². The van der Waals surface area contributed by atoms with Crippen LogP contribution in [-0.2, 0) is 0 Å². The number of nitriles is 1. The zero-order valence-corrected chi connectivity index (χ0v) is 10.6. The van der Waals surface area contributed by atoms with E-state index in [1.807, 2.05) is 12.1 Å². The number of nitrogens with zero attached hydrogens (tertiary/aromatic N) is 4. The standard InChI is InChI=1S/C12H15ClN4/c1-2-16-5-7-17(8-6-16)12-4-3-10(13)11(9-14)15-12/h3-4H,2,5-8H2,1H3. The molecule has 17 heavy (non-hydrogen) atoms. The summed E-state index contributed by atoms with van der Waals surface area (Å²) in [5, 5.41) is 9.32. The molecule has 0 radical (unpaired) electrons. The van der Waals surface area contributed by atoms with Gasteiger partial charge in [0.15, 0.2) is 5.69 Å². The van der Waals surface area contributed by atoms with Gasteiger partial charge in [0.25, 0.3) is 0 Å². The summed E-state index contributed by atoms with van der Waals surface area (Å²) in [4.78, 5) is 8.88. The molecule has 0 spiro atoms. The van der Waals surface area contributed by atoms with E-state index in [0.717, 1.165) is 38.5 Å². The largest absolute Gasteiger partial charge is 0.354 e. The zero-order valence-electron chi connectivity index (χ0n) is 9.86. The van der Waals surface area contributed by atoms with Crippen LogP contribution >= 0.6 is 11.6 Å². The third-order valence-corrected chi connectivity index (χ3v) is 3.39. The Morgan fingerprint density at radius 1 is 1.35 bits per heavy atom. The zero-order chi connectivity index (χ0) is 12.3. The Morgan fingerprint density at radius 2 is 2.06 bits per heavy atom. The van der Waals surface area contributed by atoms with E-state index in [9.17, 15) is 0 Å². The van der Waals surface area contributed by atoms with Crippen molar-refractivity contribution in [3.05, 3.63) is 22.8 Å². The van der Waals surface area contributed by atoms with Crippen LogP contribution in [0, 0.1) is 11.3 Å². The molecular formula is C12H15ClN4. The highest BCUT2D eigenvalue weighted by Crippen LogP contribution is 2.19. The molecule has 0 saturated carbocycles. The molecule has 1 fully saturated rings. The molecule has 1 aromatic rings. The van der Waals surface area contributed by atoms with Gasteiger partial charge in [0.1, 0.15) is 11.9 Å². The fourth-order valence-corrected chi connectivity index (χ4v) is 2.13. The van der Waals surface area contributed by atoms with Crippen LogP contribution in [0.1, 0.15) is 12.6 Å². The summed E-state index contributed by atoms with van der Waals surface area (Å²) >= 11 is 5.87. The van der Waals surface area contributed by atoms with Gasteiger partial charge in [-0.25, -0.2) is 4.98 Å². The Balaban J connectivity index is 2.11. The third kappa shape index (κ3) is 2.68. The number of hydrogen-bond acceptors (Lipinski definition) is 4. The van der Waals surface area contributed by atoms with E-state index >= 15 is 0 Å². The summed E-state index contributed by atoms with van der Waals surface area (Å²) in [5.74, 6) is 0.849. The second-order valence-electron chi connectivity index (χ2n) is 4.03. The summed E-state index contributed by atoms with van der Waals surface area (Å²) in [6.45, 7) is 7.25. The van der Waals surface area contributed by atoms with Crippen LogP contribution in [0.5, 0.6) is 0 Å². The normalized spacial score (nSPS) is 16.9. The van der Waals surface area contributed by atoms with Crippen molar-refractivity contribution in [1.82, 2.24) is 9.88 Å². The predicted molar refractivity (Wildman–Crippen MR) is 68.3 cm³/mol. The number of hydrogen-bond donors (Lipinski definition) is 0. The van der Waals surface area contributed by atoms with Gasteiger partial charge in [0.05, 0.1) is 5.02 Å². The van der Waals surface area contributed by atoms with Crippen LogP contribution in [0.2, 0.25) is 5.02 Å². The van der Waals surface area contributed by atoms with Gasteiger partial charge in [0.2, 0.25) is 0 Å². The van der Waals surface area contributed by atoms with E-state index in [0.29, 0.717) is 10.7 Å². The average Bonchev–Trinajstić information content (AvgIpc) is 2.39. The van der Waals surface area contributed by atoms with Crippen molar-refractivity contribution in [2.75, 3.05) is 37.6 Å². The minimum absolute atomic E-state index is 0.307. The first-order chi connectivity index (χ1) is 8.24. The lowest BCUT2D eigenvalue weighted by Crippen LogP contribution is -2.46. The minimum atomic E-state index is 0.307. The Kier molecular flexibility index (Phi) is 3.82. The van der Waals surface area contributed by atoms with E-state index in [1.165, 1.54) is 0 Å². The number of pyridine rings is 1. The highest BCUT2D eigenvalue weighted by atomic mass is 35.5. The molecule has 1 saturated heterocycles. The molecule has 0 aliphatic carbocycles. The first kappa shape index (κ1) is 12.2. The van der Waals surface area contributed by atoms with Crippen LogP contribution in [0.15, 0.2) is 12.1 Å². The molecule has 1 aromatic heterocycles. The van der Waals surface area contributed by atoms with Crippen molar-refractivity contribution in [3.8, 4) is 6.07 Å². The molecule has 0 atom stereocenters. The van der Waals surface area contributed by atoms with E-state index in [4.69, 9.17) is 16.9 Å². The lowest BCUT2D eigenvalue weighted by atomic mass is 10.3. The minimum Gasteiger partial charge on any atom is -0.354 e. The second-order valence-corrected chi connectivity index (χ2v) is 4.44. The van der Waals surface area contributed by atoms with Crippen molar-refractivity contribution < 1.29 is 0 Å². The van der Waals surface area contributed by atoms with Crippen LogP contribution in [0.3, 0.4) is 0 Å². The molecular weight excluding hydrogens is 236 g/mol. The Morgan fingerprint density at radius 3 is 2.65 bits per heavy atom. The van der Waals surface area contributed by atoms with Crippen molar-refractivity contribution in [3.63, 3.8) is 0 Å². The lowest BCUT2D eigenvalue weighted by molar-refractivity contribution is 0.270. The van der Waals surface area contributed by atoms with E-state index in [-0.39, 0.29) is 0 Å². The third-order valence-electron chi connectivity index (χ3n) is 3.08. The SMILES string of the molecule is CCN1CCN(c2ccc(Cl)c(C#N)n2)CC1. The molecule has 0 N–H and O–H groups in total. The summed E-state index contributed by atoms with van der Waals surface area (Å²) < 4.78 is 0. The highest BCUT2D eigenvalue weighted by molar-refractivity contribution is 6.31. The maximum atomic E-state index is 8.90. The van der Waals surface area contributed by atoms with E-state index < -0.39 is 0 Å². The lowest BCUT2D eigenvalue weighted by Gasteiger charge is -2.34. The smallest absolute Gasteiger partial charge is 0.161 e. The number of halogens is 1. The molecule has 1 aliphatic rings. The van der Waals surface area contributed by atoms with Crippen LogP contribution < -0.4 is 4.90 Å². The topological polar surface area (TPSA) is 43.2 Å². The van der Waals surface area contributed by atoms with Gasteiger partial charge in [-0.15, -0.1) is 0 Å². The van der Waals surface area contributed by atoms with Crippen LogP contribution in [0.25, 0.3) is 0 Å². The van der Waals surface area contributed by atoms with Crippen molar-refractivity contribution in [2.24, 2.45) is 0 Å². The van der Waals surface area contributed by atoms with Crippen molar-refractivity contribution >= 4 is 17.4 Å². The Bertz CT molecular complexity index is 433. The van der Waals surface area contributed by atoms with Crippen LogP contribution in [0.4, 0.5) is 5.82 Å². The summed E-state index contributed by atoms with van der Waals surface area (Å²) in [7, 11) is 0. The fraction of sp³-hybridized carbons (Fsp3) is 0.500. The monoisotopic (exact) mass is 250 g/mol. The second kappa shape index (κ2) is 5.35. The Labute approximate surface area is 106 Å². The molecule has 90 valence electrons. The Hall–Kier alpha value is -1.31. The molecule has 2 rings (SSSR count). The quantitative estimate of drug-likeness (QED) is 0.802. The molecule has 0 amide bonds. The van der Waals surface area contributed by atoms with Gasteiger partial charge in [-0.1, -0.05) is 18.5 Å². The number of rotatable bonds is 2. The summed E-state index contributed by atoms with van der Waals surface area (Å²) in [5.41, 5.74) is 0.307. The van der Waals surface area contributed by atoms with Crippen molar-refractivity contribution in [1.29, 1.82) is 5.26 Å². The van der Waals surface area contributed by atoms with E-state index in [1.54, 1.807) is 6.07 Å². The first-order valence-electron chi connectivity index (χ1n) is 5.78. The van der Waals surface area contributed by atoms with Gasteiger partial charge in [-0.3, -0.25) is 0 Å². The maximum Gasteiger partial charge on any atom is 0.161 e. The molecule has 0 aromatic carbocycles. The van der Waals surface area contributed by atoms with Gasteiger partial charge in [-0.05, 0) is 18.7 Å². The number of likely N-dealkylation sites (N-methyl/N-ethyl adjacent to an activating group) is 1. The van der Waals surface area contributed by atoms with Gasteiger partial charge >= 0.3 is 0 Å². The number of anilines is 1. The predicted octanol–water partition coefficient (Wildman–Crippen LogP) is 1.75. The molecule has 0 unspecified atom stereocenters. The maximum absolute atomic E-state index is 8.90. The number of aromatic nitrogens is 1. The fourth-order valence-electron chi connectivity index (χ4n) is 1.98. The highest BCUT2D eigenvalue weighted by Gasteiger charge is 2.17. The summed E-state index contributed by atoms with van der Waals surface area (Å²) in [6, 6.07) is 5.64. The summed E-state index contributed by atoms with van der Waals surface area (Å²) in [6.07, 6.45) is 0. The molecule has 1 aliphatic heterocycles. The number of piperazine rings is 1. The molecule has 0 bridgehead atoms. The van der Waals surface area contributed by atoms with Gasteiger partial charge in [0, 0.05) is 26.2 Å². The van der Waals surface area contributed by atoms with Crippen molar-refractivity contribution in [2.45, 2.75) is 6.92 Å². The first-order valence-corrected chi connectivity index (χ1v) is 6.16. The molecule has 5 heteroatoms. The van der Waals surface area contributed by atoms with Gasteiger partial charge < -0.3 is 9.80 Å². The van der Waals surface area contributed by atoms with Crippen LogP contribution in [-0.4, -0.2) is 42.6 Å². The molecule has 4 nitrogen and oxygen atoms in total.